The van der Waals surface area contributed by atoms with Gasteiger partial charge in [0.05, 0.1) is 0 Å². The minimum Gasteiger partial charge on any atom is -0.270 e. The lowest BCUT2D eigenvalue weighted by Gasteiger charge is -2.18. The predicted octanol–water partition coefficient (Wildman–Crippen LogP) is 1.48. The normalized spacial score (nSPS) is 28.1. The molecule has 0 aromatic rings. The fraction of sp³-hybridized carbons (Fsp3) is 0.800. The highest BCUT2D eigenvalue weighted by Gasteiger charge is 2.71. The lowest BCUT2D eigenvalue weighted by molar-refractivity contribution is -0.125. The summed E-state index contributed by atoms with van der Waals surface area (Å²) < 4.78 is 18.6. The molecule has 1 rings (SSSR count). The maximum atomic E-state index is 11.5. The zero-order chi connectivity index (χ0) is 11.4. The molecule has 1 heterocycles. The molecule has 0 spiro atoms. The lowest BCUT2D eigenvalue weighted by atomic mass is 10.4. The summed E-state index contributed by atoms with van der Waals surface area (Å²) in [6.45, 7) is 1.32. The van der Waals surface area contributed by atoms with Crippen LogP contribution in [0.5, 0.6) is 0 Å². The average molecular weight is 301 g/mol. The third kappa shape index (κ3) is 1.26. The van der Waals surface area contributed by atoms with E-state index in [4.69, 9.17) is 46.4 Å². The molecule has 1 amide bonds. The highest BCUT2D eigenvalue weighted by Crippen LogP contribution is 2.54. The van der Waals surface area contributed by atoms with Crippen LogP contribution in [0.2, 0.25) is 0 Å². The third-order valence-electron chi connectivity index (χ3n) is 1.76. The minimum absolute atomic E-state index is 0.121. The van der Waals surface area contributed by atoms with Gasteiger partial charge in [0, 0.05) is 6.54 Å². The van der Waals surface area contributed by atoms with Gasteiger partial charge in [0.1, 0.15) is 0 Å². The van der Waals surface area contributed by atoms with E-state index in [1.165, 1.54) is 6.92 Å². The van der Waals surface area contributed by atoms with Gasteiger partial charge in [0.2, 0.25) is 4.33 Å². The largest absolute Gasteiger partial charge is 0.279 e. The Labute approximate surface area is 101 Å². The minimum atomic E-state index is -4.22. The molecule has 1 saturated heterocycles. The number of alkyl halides is 4. The van der Waals surface area contributed by atoms with Gasteiger partial charge in [-0.3, -0.25) is 4.79 Å². The Morgan fingerprint density at radius 1 is 1.29 bits per heavy atom. The van der Waals surface area contributed by atoms with Gasteiger partial charge in [-0.2, -0.15) is 0 Å². The van der Waals surface area contributed by atoms with Crippen molar-refractivity contribution in [3.8, 4) is 0 Å². The number of halogens is 4. The van der Waals surface area contributed by atoms with Crippen molar-refractivity contribution in [2.75, 3.05) is 6.54 Å². The molecule has 0 radical (unpaired) electrons. The van der Waals surface area contributed by atoms with Gasteiger partial charge < -0.3 is 0 Å². The summed E-state index contributed by atoms with van der Waals surface area (Å²) >= 11 is 21.9. The van der Waals surface area contributed by atoms with Gasteiger partial charge in [0.15, 0.2) is 0 Å². The van der Waals surface area contributed by atoms with Crippen molar-refractivity contribution in [3.63, 3.8) is 0 Å². The van der Waals surface area contributed by atoms with Crippen LogP contribution in [0.15, 0.2) is 0 Å². The van der Waals surface area contributed by atoms with Crippen molar-refractivity contribution >= 4 is 62.3 Å². The number of nitrogens with zero attached hydrogens (tertiary/aromatic N) is 1. The molecule has 1 aliphatic rings. The number of carbonyl (C=O) groups excluding carboxylic acids is 1. The first-order valence-corrected chi connectivity index (χ1v) is 6.38. The zero-order valence-electron chi connectivity index (χ0n) is 6.80. The van der Waals surface area contributed by atoms with E-state index in [2.05, 4.69) is 0 Å². The molecule has 1 fully saturated rings. The lowest BCUT2D eigenvalue weighted by Crippen LogP contribution is -2.38. The molecule has 9 heteroatoms. The number of carbonyl (C=O) groups is 1. The molecule has 0 N–H and O–H groups in total. The molecule has 0 atom stereocenters. The molecule has 4 nitrogen and oxygen atoms in total. The van der Waals surface area contributed by atoms with Crippen LogP contribution < -0.4 is 0 Å². The van der Waals surface area contributed by atoms with Crippen LogP contribution in [-0.2, 0) is 14.8 Å². The van der Waals surface area contributed by atoms with Crippen LogP contribution in [-0.4, -0.2) is 33.2 Å². The molecule has 0 aromatic carbocycles. The van der Waals surface area contributed by atoms with Crippen LogP contribution in [0.1, 0.15) is 6.92 Å². The maximum absolute atomic E-state index is 11.5. The Bertz CT molecular complexity index is 376. The Balaban J connectivity index is 3.46. The summed E-state index contributed by atoms with van der Waals surface area (Å²) in [5.74, 6) is -1.03. The average Bonchev–Trinajstić information content (AvgIpc) is 2.10. The first-order chi connectivity index (χ1) is 6.10. The van der Waals surface area contributed by atoms with Crippen molar-refractivity contribution in [2.24, 2.45) is 0 Å². The van der Waals surface area contributed by atoms with E-state index in [9.17, 15) is 13.2 Å². The molecular weight excluding hydrogens is 296 g/mol. The Morgan fingerprint density at radius 2 is 1.71 bits per heavy atom. The van der Waals surface area contributed by atoms with Crippen molar-refractivity contribution in [3.05, 3.63) is 0 Å². The molecule has 0 saturated carbocycles. The second kappa shape index (κ2) is 3.28. The third-order valence-corrected chi connectivity index (χ3v) is 6.96. The van der Waals surface area contributed by atoms with Gasteiger partial charge >= 0.3 is 0 Å². The van der Waals surface area contributed by atoms with E-state index in [-0.39, 0.29) is 6.54 Å². The molecule has 0 aromatic heterocycles. The van der Waals surface area contributed by atoms with Crippen molar-refractivity contribution in [1.29, 1.82) is 0 Å². The molecule has 0 aliphatic carbocycles. The van der Waals surface area contributed by atoms with Crippen LogP contribution in [0.3, 0.4) is 0 Å². The highest BCUT2D eigenvalue weighted by atomic mass is 35.5. The summed E-state index contributed by atoms with van der Waals surface area (Å²) in [6, 6.07) is 0. The summed E-state index contributed by atoms with van der Waals surface area (Å²) in [6.07, 6.45) is 0. The molecule has 0 unspecified atom stereocenters. The van der Waals surface area contributed by atoms with Gasteiger partial charge in [-0.25, -0.2) is 12.7 Å². The van der Waals surface area contributed by atoms with E-state index in [1.54, 1.807) is 0 Å². The fourth-order valence-electron chi connectivity index (χ4n) is 1.00. The molecule has 1 aliphatic heterocycles. The monoisotopic (exact) mass is 299 g/mol. The maximum Gasteiger partial charge on any atom is 0.279 e. The summed E-state index contributed by atoms with van der Waals surface area (Å²) in [4.78, 5) is 11.4. The second-order valence-corrected chi connectivity index (χ2v) is 7.67. The Kier molecular flexibility index (Phi) is 2.97. The second-order valence-electron chi connectivity index (χ2n) is 2.57. The smallest absolute Gasteiger partial charge is 0.270 e. The van der Waals surface area contributed by atoms with Crippen LogP contribution in [0.25, 0.3) is 0 Å². The Morgan fingerprint density at radius 3 is 1.86 bits per heavy atom. The van der Waals surface area contributed by atoms with Crippen molar-refractivity contribution in [2.45, 2.75) is 14.9 Å². The number of hydrogen-bond acceptors (Lipinski definition) is 3. The van der Waals surface area contributed by atoms with Gasteiger partial charge in [-0.15, -0.1) is 0 Å². The standard InChI is InChI=1S/C5H5Cl4NO3S/c1-2-10-3(11)4(6,7)5(8,9)14(10,12)13/h2H2,1H3. The van der Waals surface area contributed by atoms with Gasteiger partial charge in [0.25, 0.3) is 19.6 Å². The quantitative estimate of drug-likeness (QED) is 0.689. The van der Waals surface area contributed by atoms with Crippen LogP contribution >= 0.6 is 46.4 Å². The van der Waals surface area contributed by atoms with Crippen LogP contribution in [0, 0.1) is 0 Å². The summed E-state index contributed by atoms with van der Waals surface area (Å²) in [7, 11) is -4.22. The van der Waals surface area contributed by atoms with E-state index in [1.807, 2.05) is 0 Å². The predicted molar refractivity (Wildman–Crippen MR) is 55.2 cm³/mol. The van der Waals surface area contributed by atoms with Crippen molar-refractivity contribution in [1.82, 2.24) is 4.31 Å². The number of rotatable bonds is 1. The zero-order valence-corrected chi connectivity index (χ0v) is 10.6. The van der Waals surface area contributed by atoms with E-state index in [0.29, 0.717) is 4.31 Å². The van der Waals surface area contributed by atoms with Gasteiger partial charge in [-0.05, 0) is 6.92 Å². The number of amides is 1. The van der Waals surface area contributed by atoms with Crippen LogP contribution in [0.4, 0.5) is 0 Å². The molecule has 82 valence electrons. The summed E-state index contributed by atoms with van der Waals surface area (Å²) in [5, 5.41) is 0. The van der Waals surface area contributed by atoms with Gasteiger partial charge in [-0.1, -0.05) is 46.4 Å². The number of sulfonamides is 1. The van der Waals surface area contributed by atoms with E-state index in [0.717, 1.165) is 0 Å². The van der Waals surface area contributed by atoms with Crippen molar-refractivity contribution < 1.29 is 13.2 Å². The molecular formula is C5H5Cl4NO3S. The first-order valence-electron chi connectivity index (χ1n) is 3.43. The Hall–Kier alpha value is 0.580. The highest BCUT2D eigenvalue weighted by molar-refractivity contribution is 7.95. The summed E-state index contributed by atoms with van der Waals surface area (Å²) in [5.41, 5.74) is 0. The fourth-order valence-corrected chi connectivity index (χ4v) is 3.94. The molecule has 0 bridgehead atoms. The SMILES string of the molecule is CCN1C(=O)C(Cl)(Cl)C(Cl)(Cl)S1(=O)=O. The van der Waals surface area contributed by atoms with E-state index < -0.39 is 23.9 Å². The van der Waals surface area contributed by atoms with E-state index >= 15 is 0 Å². The first kappa shape index (κ1) is 12.6. The topological polar surface area (TPSA) is 54.5 Å². The number of hydrogen-bond donors (Lipinski definition) is 0. The molecule has 14 heavy (non-hydrogen) atoms.